The van der Waals surface area contributed by atoms with Gasteiger partial charge >= 0.3 is 0 Å². The molecule has 4 aliphatic rings. The van der Waals surface area contributed by atoms with Gasteiger partial charge in [-0.1, -0.05) is 102 Å². The van der Waals surface area contributed by atoms with Crippen molar-refractivity contribution in [3.05, 3.63) is 118 Å². The lowest BCUT2D eigenvalue weighted by atomic mass is 9.85. The number of rotatable bonds is 16. The van der Waals surface area contributed by atoms with Gasteiger partial charge in [0, 0.05) is 36.3 Å². The van der Waals surface area contributed by atoms with Gasteiger partial charge in [0.15, 0.2) is 0 Å². The minimum Gasteiger partial charge on any atom is -0.347 e. The lowest BCUT2D eigenvalue weighted by Crippen LogP contribution is -2.59. The number of amides is 8. The minimum atomic E-state index is -0.980. The number of hydrogen-bond donors (Lipinski definition) is 8. The SMILES string of the molecule is CN[C@@H](C)C(=O)N[C@H](C(=O)N1C[C@@H](NC(=O)c2ccc3ccc(C(=O)N[C@H]4C[C@@H](C(=O)NC5CCCc6ccccc65)N(C(=O)[C@@H](NC(=O)[C@H](C)NC)C(C)(C)C)C4)cc3c2)C[C@H]1C(=O)NC1CCCc2ccccc21)C(C)(C)C. The lowest BCUT2D eigenvalue weighted by Gasteiger charge is -2.36. The number of fused-ring (bicyclic) bond motifs is 3. The fourth-order valence-electron chi connectivity index (χ4n) is 11.7. The molecule has 80 heavy (non-hydrogen) atoms. The summed E-state index contributed by atoms with van der Waals surface area (Å²) in [5, 5.41) is 25.7. The molecule has 0 radical (unpaired) electrons. The van der Waals surface area contributed by atoms with Gasteiger partial charge in [-0.2, -0.15) is 0 Å². The number of hydrogen-bond acceptors (Lipinski definition) is 10. The molecule has 8 N–H and O–H groups in total. The summed E-state index contributed by atoms with van der Waals surface area (Å²) in [5.74, 6) is -3.12. The Hall–Kier alpha value is -7.18. The summed E-state index contributed by atoms with van der Waals surface area (Å²) in [5.41, 5.74) is 3.56. The van der Waals surface area contributed by atoms with Crippen molar-refractivity contribution >= 4 is 58.0 Å². The van der Waals surface area contributed by atoms with Crippen LogP contribution in [-0.2, 0) is 41.6 Å². The molecule has 2 aliphatic carbocycles. The van der Waals surface area contributed by atoms with Gasteiger partial charge in [0.25, 0.3) is 11.8 Å². The fraction of sp³-hybridized carbons (Fsp3) is 0.516. The van der Waals surface area contributed by atoms with E-state index < -0.39 is 82.8 Å². The van der Waals surface area contributed by atoms with E-state index in [9.17, 15) is 38.4 Å². The maximum absolute atomic E-state index is 14.7. The molecule has 4 aromatic carbocycles. The third-order valence-electron chi connectivity index (χ3n) is 16.6. The highest BCUT2D eigenvalue weighted by Gasteiger charge is 2.48. The van der Waals surface area contributed by atoms with E-state index in [-0.39, 0.29) is 61.6 Å². The Morgan fingerprint density at radius 3 is 1.27 bits per heavy atom. The summed E-state index contributed by atoms with van der Waals surface area (Å²) >= 11 is 0. The Balaban J connectivity index is 0.998. The van der Waals surface area contributed by atoms with Gasteiger partial charge in [-0.3, -0.25) is 38.4 Å². The zero-order valence-electron chi connectivity index (χ0n) is 48.1. The van der Waals surface area contributed by atoms with Crippen molar-refractivity contribution in [2.45, 2.75) is 167 Å². The summed E-state index contributed by atoms with van der Waals surface area (Å²) in [7, 11) is 3.32. The summed E-state index contributed by atoms with van der Waals surface area (Å²) in [4.78, 5) is 116. The first-order chi connectivity index (χ1) is 37.9. The van der Waals surface area contributed by atoms with Gasteiger partial charge in [-0.05, 0) is 147 Å². The van der Waals surface area contributed by atoms with E-state index in [1.165, 1.54) is 20.9 Å². The maximum Gasteiger partial charge on any atom is 0.251 e. The standard InChI is InChI=1S/C62H82N10O8/c1-35(63-9)53(73)69-51(61(3,4)5)59(79)71-33-43(31-49(71)57(77)67-47-23-15-19-38-17-11-13-21-45(38)47)65-55(75)40-27-25-37-26-28-41(30-42(37)29-40)56(76)66-44-32-50(58(78)68-48-24-16-20-39-18-12-14-22-46(39)48)72(34-44)60(80)52(62(6,7)8)70-54(74)36(2)64-10/h11-14,17-18,21-22,25-30,35-36,43-44,47-52,63-64H,15-16,19-20,23-24,31-34H2,1-10H3,(H,65,75)(H,66,76)(H,67,77)(H,68,78)(H,69,73)(H,70,74)/t35-,36-,43-,44-,47?,48?,49-,50-,51+,52+/m0/s1. The van der Waals surface area contributed by atoms with Crippen LogP contribution in [0, 0.1) is 10.8 Å². The van der Waals surface area contributed by atoms with Gasteiger partial charge in [0.05, 0.1) is 24.2 Å². The number of likely N-dealkylation sites (N-methyl/N-ethyl adjacent to an activating group) is 2. The lowest BCUT2D eigenvalue weighted by molar-refractivity contribution is -0.144. The molecule has 2 fully saturated rings. The molecule has 0 bridgehead atoms. The molecule has 10 atom stereocenters. The van der Waals surface area contributed by atoms with Gasteiger partial charge < -0.3 is 52.3 Å². The Bertz CT molecular complexity index is 2810. The predicted molar refractivity (Wildman–Crippen MR) is 307 cm³/mol. The molecule has 18 heteroatoms. The number of carbonyl (C=O) groups is 8. The topological polar surface area (TPSA) is 239 Å². The average Bonchev–Trinajstić information content (AvgIpc) is 4.11. The zero-order chi connectivity index (χ0) is 57.8. The van der Waals surface area contributed by atoms with Crippen LogP contribution in [0.3, 0.4) is 0 Å². The molecule has 428 valence electrons. The molecule has 8 rings (SSSR count). The first kappa shape index (κ1) is 59.0. The molecular formula is C62H82N10O8. The molecule has 0 saturated carbocycles. The van der Waals surface area contributed by atoms with Crippen LogP contribution in [0.15, 0.2) is 84.9 Å². The third kappa shape index (κ3) is 13.3. The van der Waals surface area contributed by atoms with Crippen molar-refractivity contribution in [1.29, 1.82) is 0 Å². The number of likely N-dealkylation sites (tertiary alicyclic amines) is 2. The summed E-state index contributed by atoms with van der Waals surface area (Å²) in [6.07, 6.45) is 5.36. The van der Waals surface area contributed by atoms with Crippen LogP contribution in [0.4, 0.5) is 0 Å². The van der Waals surface area contributed by atoms with Crippen molar-refractivity contribution < 1.29 is 38.4 Å². The van der Waals surface area contributed by atoms with Crippen LogP contribution in [-0.4, -0.2) is 133 Å². The first-order valence-electron chi connectivity index (χ1n) is 28.4. The molecule has 0 aromatic heterocycles. The van der Waals surface area contributed by atoms with E-state index in [1.807, 2.05) is 77.9 Å². The normalized spacial score (nSPS) is 22.4. The van der Waals surface area contributed by atoms with E-state index in [0.29, 0.717) is 16.5 Å². The number of nitrogens with zero attached hydrogens (tertiary/aromatic N) is 2. The number of carbonyl (C=O) groups excluding carboxylic acids is 8. The quantitative estimate of drug-likeness (QED) is 0.0755. The van der Waals surface area contributed by atoms with Crippen LogP contribution in [0.2, 0.25) is 0 Å². The highest BCUT2D eigenvalue weighted by atomic mass is 16.2. The molecule has 4 aromatic rings. The Morgan fingerprint density at radius 2 is 0.900 bits per heavy atom. The molecule has 2 unspecified atom stereocenters. The molecule has 2 saturated heterocycles. The minimum absolute atomic E-state index is 0.0220. The van der Waals surface area contributed by atoms with Crippen molar-refractivity contribution in [2.24, 2.45) is 10.8 Å². The summed E-state index contributed by atoms with van der Waals surface area (Å²) in [6, 6.07) is 19.6. The molecule has 0 spiro atoms. The van der Waals surface area contributed by atoms with Crippen LogP contribution in [0.5, 0.6) is 0 Å². The zero-order valence-corrected chi connectivity index (χ0v) is 48.1. The number of nitrogens with one attached hydrogen (secondary N) is 8. The van der Waals surface area contributed by atoms with Gasteiger partial charge in [-0.15, -0.1) is 0 Å². The predicted octanol–water partition coefficient (Wildman–Crippen LogP) is 4.90. The average molecular weight is 1100 g/mol. The Kier molecular flexibility index (Phi) is 18.2. The fourth-order valence-corrected chi connectivity index (χ4v) is 11.7. The highest BCUT2D eigenvalue weighted by molar-refractivity contribution is 6.03. The van der Waals surface area contributed by atoms with Crippen molar-refractivity contribution in [2.75, 3.05) is 27.2 Å². The largest absolute Gasteiger partial charge is 0.347 e. The maximum atomic E-state index is 14.7. The van der Waals surface area contributed by atoms with Crippen LogP contribution >= 0.6 is 0 Å². The van der Waals surface area contributed by atoms with Crippen LogP contribution in [0.25, 0.3) is 10.8 Å². The number of benzene rings is 4. The van der Waals surface area contributed by atoms with E-state index in [1.54, 1.807) is 64.3 Å². The molecule has 2 heterocycles. The van der Waals surface area contributed by atoms with Crippen molar-refractivity contribution in [3.63, 3.8) is 0 Å². The van der Waals surface area contributed by atoms with E-state index in [4.69, 9.17) is 0 Å². The van der Waals surface area contributed by atoms with Gasteiger partial charge in [-0.25, -0.2) is 0 Å². The van der Waals surface area contributed by atoms with Crippen molar-refractivity contribution in [1.82, 2.24) is 52.3 Å². The van der Waals surface area contributed by atoms with E-state index in [0.717, 1.165) is 55.0 Å². The molecule has 8 amide bonds. The molecule has 18 nitrogen and oxygen atoms in total. The van der Waals surface area contributed by atoms with Gasteiger partial charge in [0.2, 0.25) is 35.4 Å². The van der Waals surface area contributed by atoms with Gasteiger partial charge in [0.1, 0.15) is 24.2 Å². The summed E-state index contributed by atoms with van der Waals surface area (Å²) in [6.45, 7) is 14.6. The molecule has 2 aliphatic heterocycles. The second-order valence-electron chi connectivity index (χ2n) is 24.5. The number of aryl methyl sites for hydroxylation is 2. The van der Waals surface area contributed by atoms with E-state index >= 15 is 0 Å². The van der Waals surface area contributed by atoms with Crippen LogP contribution in [0.1, 0.15) is 149 Å². The summed E-state index contributed by atoms with van der Waals surface area (Å²) < 4.78 is 0. The van der Waals surface area contributed by atoms with Crippen molar-refractivity contribution in [3.8, 4) is 0 Å². The Labute approximate surface area is 470 Å². The van der Waals surface area contributed by atoms with E-state index in [2.05, 4.69) is 54.7 Å². The second-order valence-corrected chi connectivity index (χ2v) is 24.5. The molecular weight excluding hydrogens is 1010 g/mol. The first-order valence-corrected chi connectivity index (χ1v) is 28.4. The monoisotopic (exact) mass is 1090 g/mol. The Morgan fingerprint density at radius 1 is 0.512 bits per heavy atom. The smallest absolute Gasteiger partial charge is 0.251 e. The third-order valence-corrected chi connectivity index (χ3v) is 16.6. The van der Waals surface area contributed by atoms with Crippen LogP contribution < -0.4 is 42.5 Å². The highest BCUT2D eigenvalue weighted by Crippen LogP contribution is 2.34. The second kappa shape index (κ2) is 24.7.